The van der Waals surface area contributed by atoms with E-state index in [4.69, 9.17) is 0 Å². The molecule has 1 aromatic carbocycles. The SMILES string of the molecule is O=C(NCc1cnc2ccccc2c1)NC1CCCC1. The van der Waals surface area contributed by atoms with Crippen molar-refractivity contribution in [2.24, 2.45) is 0 Å². The molecule has 1 saturated carbocycles. The van der Waals surface area contributed by atoms with Crippen LogP contribution in [0.4, 0.5) is 4.79 Å². The number of hydrogen-bond donors (Lipinski definition) is 2. The fraction of sp³-hybridized carbons (Fsp3) is 0.375. The maximum absolute atomic E-state index is 11.8. The second kappa shape index (κ2) is 5.90. The van der Waals surface area contributed by atoms with Crippen LogP contribution in [-0.2, 0) is 6.54 Å². The van der Waals surface area contributed by atoms with Crippen LogP contribution in [0.2, 0.25) is 0 Å². The monoisotopic (exact) mass is 269 g/mol. The highest BCUT2D eigenvalue weighted by Gasteiger charge is 2.16. The van der Waals surface area contributed by atoms with Crippen molar-refractivity contribution >= 4 is 16.9 Å². The van der Waals surface area contributed by atoms with Crippen LogP contribution in [0.25, 0.3) is 10.9 Å². The number of nitrogens with one attached hydrogen (secondary N) is 2. The van der Waals surface area contributed by atoms with Crippen LogP contribution in [-0.4, -0.2) is 17.1 Å². The first-order valence-electron chi connectivity index (χ1n) is 7.19. The van der Waals surface area contributed by atoms with Crippen LogP contribution in [0, 0.1) is 0 Å². The van der Waals surface area contributed by atoms with Crippen LogP contribution in [0.15, 0.2) is 36.5 Å². The maximum Gasteiger partial charge on any atom is 0.315 e. The Morgan fingerprint density at radius 2 is 2.05 bits per heavy atom. The molecule has 104 valence electrons. The molecule has 1 aromatic heterocycles. The van der Waals surface area contributed by atoms with E-state index in [1.807, 2.05) is 30.5 Å². The van der Waals surface area contributed by atoms with Crippen LogP contribution >= 0.6 is 0 Å². The van der Waals surface area contributed by atoms with E-state index in [-0.39, 0.29) is 6.03 Å². The Labute approximate surface area is 118 Å². The van der Waals surface area contributed by atoms with E-state index in [1.165, 1.54) is 12.8 Å². The molecule has 2 amide bonds. The molecule has 1 fully saturated rings. The molecule has 2 aromatic rings. The van der Waals surface area contributed by atoms with E-state index in [1.54, 1.807) is 0 Å². The zero-order valence-electron chi connectivity index (χ0n) is 11.4. The second-order valence-corrected chi connectivity index (χ2v) is 5.34. The van der Waals surface area contributed by atoms with Gasteiger partial charge in [0.05, 0.1) is 5.52 Å². The third-order valence-electron chi connectivity index (χ3n) is 3.79. The lowest BCUT2D eigenvalue weighted by molar-refractivity contribution is 0.236. The summed E-state index contributed by atoms with van der Waals surface area (Å²) in [4.78, 5) is 16.2. The Kier molecular flexibility index (Phi) is 3.81. The molecule has 2 N–H and O–H groups in total. The molecule has 1 aliphatic rings. The molecular weight excluding hydrogens is 250 g/mol. The first kappa shape index (κ1) is 12.9. The minimum absolute atomic E-state index is 0.0786. The van der Waals surface area contributed by atoms with Crippen molar-refractivity contribution in [1.82, 2.24) is 15.6 Å². The van der Waals surface area contributed by atoms with E-state index < -0.39 is 0 Å². The lowest BCUT2D eigenvalue weighted by Crippen LogP contribution is -2.40. The van der Waals surface area contributed by atoms with Crippen molar-refractivity contribution < 1.29 is 4.79 Å². The number of aromatic nitrogens is 1. The first-order valence-corrected chi connectivity index (χ1v) is 7.19. The summed E-state index contributed by atoms with van der Waals surface area (Å²) in [5, 5.41) is 7.02. The lowest BCUT2D eigenvalue weighted by atomic mass is 10.1. The third kappa shape index (κ3) is 3.07. The van der Waals surface area contributed by atoms with Crippen molar-refractivity contribution in [3.63, 3.8) is 0 Å². The number of rotatable bonds is 3. The highest BCUT2D eigenvalue weighted by Crippen LogP contribution is 2.17. The molecule has 0 atom stereocenters. The fourth-order valence-electron chi connectivity index (χ4n) is 2.70. The van der Waals surface area contributed by atoms with Gasteiger partial charge in [-0.2, -0.15) is 0 Å². The molecule has 0 unspecified atom stereocenters. The van der Waals surface area contributed by atoms with Crippen molar-refractivity contribution in [2.45, 2.75) is 38.3 Å². The van der Waals surface area contributed by atoms with Crippen molar-refractivity contribution in [3.05, 3.63) is 42.1 Å². The predicted molar refractivity (Wildman–Crippen MR) is 79.4 cm³/mol. The number of para-hydroxylation sites is 1. The summed E-state index contributed by atoms with van der Waals surface area (Å²) in [5.41, 5.74) is 2.00. The highest BCUT2D eigenvalue weighted by molar-refractivity contribution is 5.79. The van der Waals surface area contributed by atoms with E-state index in [0.29, 0.717) is 12.6 Å². The van der Waals surface area contributed by atoms with Crippen LogP contribution < -0.4 is 10.6 Å². The molecule has 0 bridgehead atoms. The quantitative estimate of drug-likeness (QED) is 0.900. The van der Waals surface area contributed by atoms with E-state index >= 15 is 0 Å². The van der Waals surface area contributed by atoms with Gasteiger partial charge in [-0.25, -0.2) is 4.79 Å². The van der Waals surface area contributed by atoms with Gasteiger partial charge >= 0.3 is 6.03 Å². The molecule has 1 aliphatic carbocycles. The summed E-state index contributed by atoms with van der Waals surface area (Å²) in [7, 11) is 0. The summed E-state index contributed by atoms with van der Waals surface area (Å²) in [5.74, 6) is 0. The van der Waals surface area contributed by atoms with Crippen LogP contribution in [0.5, 0.6) is 0 Å². The van der Waals surface area contributed by atoms with E-state index in [0.717, 1.165) is 29.3 Å². The molecule has 0 radical (unpaired) electrons. The highest BCUT2D eigenvalue weighted by atomic mass is 16.2. The Morgan fingerprint density at radius 1 is 1.25 bits per heavy atom. The second-order valence-electron chi connectivity index (χ2n) is 5.34. The van der Waals surface area contributed by atoms with Gasteiger partial charge in [0.1, 0.15) is 0 Å². The molecule has 3 rings (SSSR count). The summed E-state index contributed by atoms with van der Waals surface area (Å²) in [6.45, 7) is 0.510. The van der Waals surface area contributed by atoms with Crippen molar-refractivity contribution in [1.29, 1.82) is 0 Å². The minimum Gasteiger partial charge on any atom is -0.335 e. The third-order valence-corrected chi connectivity index (χ3v) is 3.79. The molecule has 20 heavy (non-hydrogen) atoms. The van der Waals surface area contributed by atoms with Gasteiger partial charge in [-0.15, -0.1) is 0 Å². The maximum atomic E-state index is 11.8. The van der Waals surface area contributed by atoms with Crippen LogP contribution in [0.1, 0.15) is 31.2 Å². The normalized spacial score (nSPS) is 15.4. The number of pyridine rings is 1. The average molecular weight is 269 g/mol. The number of carbonyl (C=O) groups excluding carboxylic acids is 1. The van der Waals surface area contributed by atoms with Gasteiger partial charge in [0, 0.05) is 24.2 Å². The summed E-state index contributed by atoms with van der Waals surface area (Å²) < 4.78 is 0. The Morgan fingerprint density at radius 3 is 2.90 bits per heavy atom. The predicted octanol–water partition coefficient (Wildman–Crippen LogP) is 2.98. The topological polar surface area (TPSA) is 54.0 Å². The Bertz CT molecular complexity index is 605. The van der Waals surface area contributed by atoms with E-state index in [9.17, 15) is 4.79 Å². The van der Waals surface area contributed by atoms with Crippen LogP contribution in [0.3, 0.4) is 0 Å². The zero-order chi connectivity index (χ0) is 13.8. The number of benzene rings is 1. The smallest absolute Gasteiger partial charge is 0.315 e. The number of urea groups is 1. The summed E-state index contributed by atoms with van der Waals surface area (Å²) >= 11 is 0. The molecule has 0 spiro atoms. The zero-order valence-corrected chi connectivity index (χ0v) is 11.4. The largest absolute Gasteiger partial charge is 0.335 e. The Hall–Kier alpha value is -2.10. The minimum atomic E-state index is -0.0786. The van der Waals surface area contributed by atoms with Gasteiger partial charge in [0.15, 0.2) is 0 Å². The van der Waals surface area contributed by atoms with Gasteiger partial charge in [-0.3, -0.25) is 4.98 Å². The standard InChI is InChI=1S/C16H19N3O/c20-16(19-14-6-2-3-7-14)18-11-12-9-13-5-1-4-8-15(13)17-10-12/h1,4-5,8-10,14H,2-3,6-7,11H2,(H2,18,19,20). The molecule has 4 heteroatoms. The molecule has 4 nitrogen and oxygen atoms in total. The molecule has 0 saturated heterocycles. The van der Waals surface area contributed by atoms with Gasteiger partial charge < -0.3 is 10.6 Å². The number of fused-ring (bicyclic) bond motifs is 1. The van der Waals surface area contributed by atoms with Gasteiger partial charge in [-0.1, -0.05) is 31.0 Å². The van der Waals surface area contributed by atoms with Gasteiger partial charge in [0.25, 0.3) is 0 Å². The molecule has 0 aliphatic heterocycles. The number of amides is 2. The Balaban J connectivity index is 1.57. The van der Waals surface area contributed by atoms with Gasteiger partial charge in [-0.05, 0) is 30.5 Å². The fourth-order valence-corrected chi connectivity index (χ4v) is 2.70. The number of carbonyl (C=O) groups is 1. The molecular formula is C16H19N3O. The summed E-state index contributed by atoms with van der Waals surface area (Å²) in [6, 6.07) is 10.3. The van der Waals surface area contributed by atoms with Crippen molar-refractivity contribution in [3.8, 4) is 0 Å². The number of hydrogen-bond acceptors (Lipinski definition) is 2. The summed E-state index contributed by atoms with van der Waals surface area (Å²) in [6.07, 6.45) is 6.47. The first-order chi connectivity index (χ1) is 9.81. The van der Waals surface area contributed by atoms with E-state index in [2.05, 4.69) is 21.7 Å². The number of nitrogens with zero attached hydrogens (tertiary/aromatic N) is 1. The molecule has 1 heterocycles. The van der Waals surface area contributed by atoms with Crippen molar-refractivity contribution in [2.75, 3.05) is 0 Å². The van der Waals surface area contributed by atoms with Gasteiger partial charge in [0.2, 0.25) is 0 Å². The lowest BCUT2D eigenvalue weighted by Gasteiger charge is -2.13. The average Bonchev–Trinajstić information content (AvgIpc) is 2.98.